The molecule has 0 amide bonds. The van der Waals surface area contributed by atoms with Gasteiger partial charge >= 0.3 is 0 Å². The van der Waals surface area contributed by atoms with E-state index in [-0.39, 0.29) is 16.9 Å². The predicted octanol–water partition coefficient (Wildman–Crippen LogP) is 15.0. The number of para-hydroxylation sites is 2. The molecule has 6 aromatic carbocycles. The van der Waals surface area contributed by atoms with Gasteiger partial charge in [0.15, 0.2) is 0 Å². The Balaban J connectivity index is 1.51. The summed E-state index contributed by atoms with van der Waals surface area (Å²) in [4.78, 5) is 10.1. The van der Waals surface area contributed by atoms with Crippen LogP contribution in [0.5, 0.6) is 5.75 Å². The van der Waals surface area contributed by atoms with Crippen molar-refractivity contribution in [2.75, 3.05) is 0 Å². The first kappa shape index (κ1) is 29.0. The lowest BCUT2D eigenvalue weighted by Gasteiger charge is -2.27. The van der Waals surface area contributed by atoms with E-state index in [1.807, 2.05) is 99.6 Å². The first-order valence-electron chi connectivity index (χ1n) is 25.7. The molecule has 0 bridgehead atoms. The minimum Gasteiger partial charge on any atom is -0.507 e. The number of rotatable bonds is 6. The highest BCUT2D eigenvalue weighted by atomic mass is 16.3. The number of fused-ring (bicyclic) bond motifs is 1. The molecule has 4 nitrogen and oxygen atoms in total. The van der Waals surface area contributed by atoms with Crippen LogP contribution in [0.2, 0.25) is 0 Å². The van der Waals surface area contributed by atoms with E-state index in [4.69, 9.17) is 20.1 Å². The Labute approximate surface area is 372 Å². The summed E-state index contributed by atoms with van der Waals surface area (Å²) in [6, 6.07) is 29.9. The summed E-state index contributed by atoms with van der Waals surface area (Å²) in [7, 11) is 0. The zero-order valence-electron chi connectivity index (χ0n) is 46.7. The maximum Gasteiger partial charge on any atom is 0.149 e. The summed E-state index contributed by atoms with van der Waals surface area (Å²) in [5.41, 5.74) is 5.05. The molecule has 8 rings (SSSR count). The van der Waals surface area contributed by atoms with Crippen molar-refractivity contribution in [3.8, 4) is 67.5 Å². The monoisotopic (exact) mass is 799 g/mol. The fraction of sp³-hybridized carbons (Fsp3) is 0.250. The summed E-state index contributed by atoms with van der Waals surface area (Å²) in [5, 5.41) is 12.5. The van der Waals surface area contributed by atoms with Gasteiger partial charge in [-0.25, -0.2) is 4.98 Å². The van der Waals surface area contributed by atoms with Crippen LogP contribution in [0.15, 0.2) is 140 Å². The van der Waals surface area contributed by atoms with Crippen LogP contribution in [-0.2, 0) is 16.2 Å². The Hall–Kier alpha value is -6.26. The molecule has 0 saturated carbocycles. The number of phenolic OH excluding ortho intramolecular Hbond substituents is 1. The van der Waals surface area contributed by atoms with Gasteiger partial charge in [0.25, 0.3) is 0 Å². The zero-order chi connectivity index (χ0) is 52.1. The quantitative estimate of drug-likeness (QED) is 0.182. The first-order chi connectivity index (χ1) is 32.9. The smallest absolute Gasteiger partial charge is 0.149 e. The molecule has 8 aromatic rings. The van der Waals surface area contributed by atoms with E-state index < -0.39 is 77.0 Å². The van der Waals surface area contributed by atoms with Gasteiger partial charge in [-0.3, -0.25) is 9.55 Å². The third-order valence-electron chi connectivity index (χ3n) is 11.2. The fourth-order valence-corrected chi connectivity index (χ4v) is 7.81. The number of aromatic hydroxyl groups is 1. The minimum atomic E-state index is -3.10. The van der Waals surface area contributed by atoms with E-state index in [2.05, 4.69) is 63.2 Å². The van der Waals surface area contributed by atoms with E-state index in [9.17, 15) is 5.11 Å². The highest BCUT2D eigenvalue weighted by Gasteiger charge is 2.29. The number of aryl methyl sites for hydroxylation is 1. The van der Waals surface area contributed by atoms with Crippen LogP contribution in [0.4, 0.5) is 0 Å². The molecule has 0 aliphatic heterocycles. The highest BCUT2D eigenvalue weighted by Crippen LogP contribution is 2.46. The molecule has 0 fully saturated rings. The van der Waals surface area contributed by atoms with E-state index in [0.29, 0.717) is 39.1 Å². The van der Waals surface area contributed by atoms with Gasteiger partial charge < -0.3 is 5.11 Å². The van der Waals surface area contributed by atoms with Crippen LogP contribution in [0.3, 0.4) is 0 Å². The lowest BCUT2D eigenvalue weighted by Crippen LogP contribution is -2.17. The van der Waals surface area contributed by atoms with E-state index >= 15 is 0 Å². The summed E-state index contributed by atoms with van der Waals surface area (Å²) in [6.07, 6.45) is 1.03. The lowest BCUT2D eigenvalue weighted by atomic mass is 9.79. The Morgan fingerprint density at radius 2 is 1.27 bits per heavy atom. The number of nitrogens with zero attached hydrogens (tertiary/aromatic N) is 3. The highest BCUT2D eigenvalue weighted by molar-refractivity contribution is 5.98. The number of phenols is 1. The molecule has 0 unspecified atom stereocenters. The second-order valence-corrected chi connectivity index (χ2v) is 18.6. The van der Waals surface area contributed by atoms with Crippen molar-refractivity contribution in [2.45, 2.75) is 92.3 Å². The topological polar surface area (TPSA) is 50.9 Å². The molecule has 0 saturated heterocycles. The molecule has 0 spiro atoms. The zero-order valence-corrected chi connectivity index (χ0v) is 35.7. The maximum absolute atomic E-state index is 12.5. The molecule has 0 aliphatic rings. The number of hydrogen-bond acceptors (Lipinski definition) is 3. The van der Waals surface area contributed by atoms with Gasteiger partial charge in [-0.2, -0.15) is 0 Å². The normalized spacial score (nSPS) is 15.4. The Morgan fingerprint density at radius 3 is 1.95 bits per heavy atom. The van der Waals surface area contributed by atoms with E-state index in [1.54, 1.807) is 12.1 Å². The van der Waals surface area contributed by atoms with Gasteiger partial charge in [0.1, 0.15) is 11.6 Å². The van der Waals surface area contributed by atoms with Crippen LogP contribution < -0.4 is 0 Å². The Bertz CT molecular complexity index is 3380. The molecule has 0 aliphatic carbocycles. The predicted molar refractivity (Wildman–Crippen MR) is 253 cm³/mol. The van der Waals surface area contributed by atoms with E-state index in [0.717, 1.165) is 39.7 Å². The molecule has 1 N–H and O–H groups in total. The van der Waals surface area contributed by atoms with Gasteiger partial charge in [0.05, 0.1) is 34.8 Å². The van der Waals surface area contributed by atoms with Gasteiger partial charge in [0.2, 0.25) is 0 Å². The molecule has 60 heavy (non-hydrogen) atoms. The largest absolute Gasteiger partial charge is 0.507 e. The average molecular weight is 799 g/mol. The Kier molecular flexibility index (Phi) is 7.30. The van der Waals surface area contributed by atoms with Crippen molar-refractivity contribution in [2.24, 2.45) is 0 Å². The summed E-state index contributed by atoms with van der Waals surface area (Å²) < 4.78 is 97.5. The standard InChI is InChI=1S/C56H57N3O/c1-35-34-57-50(36(2)49(35)38-23-16-13-17-24-38)40-29-39(30-41(31-40)54(3,4)5)44-26-20-28-48-51(44)58-53(45-32-42(55(6,7)8)33-46(52(45)60)56(9,10)11)59(48)47-27-19-18-25-43(47)37-21-14-12-15-22-37/h12-34,60H,1-11H3/i1D3,2D3,13D,16D,17D,23D,24D. The molecule has 0 radical (unpaired) electrons. The number of aromatic nitrogens is 3. The van der Waals surface area contributed by atoms with Crippen LogP contribution in [0.1, 0.15) is 105 Å². The second kappa shape index (κ2) is 15.1. The molecular weight excluding hydrogens is 731 g/mol. The van der Waals surface area contributed by atoms with Gasteiger partial charge in [-0.1, -0.05) is 165 Å². The third-order valence-corrected chi connectivity index (χ3v) is 11.2. The maximum atomic E-state index is 12.5. The second-order valence-electron chi connectivity index (χ2n) is 18.6. The van der Waals surface area contributed by atoms with Gasteiger partial charge in [-0.15, -0.1) is 0 Å². The van der Waals surface area contributed by atoms with Crippen molar-refractivity contribution >= 4 is 11.0 Å². The van der Waals surface area contributed by atoms with Crippen LogP contribution in [-0.4, -0.2) is 19.6 Å². The van der Waals surface area contributed by atoms with E-state index in [1.165, 1.54) is 0 Å². The van der Waals surface area contributed by atoms with Crippen molar-refractivity contribution in [1.82, 2.24) is 14.5 Å². The van der Waals surface area contributed by atoms with Crippen molar-refractivity contribution in [3.63, 3.8) is 0 Å². The average Bonchev–Trinajstić information content (AvgIpc) is 3.68. The van der Waals surface area contributed by atoms with Gasteiger partial charge in [-0.05, 0) is 105 Å². The Morgan fingerprint density at radius 1 is 0.600 bits per heavy atom. The van der Waals surface area contributed by atoms with Crippen LogP contribution in [0, 0.1) is 13.7 Å². The van der Waals surface area contributed by atoms with Crippen LogP contribution >= 0.6 is 0 Å². The van der Waals surface area contributed by atoms with Crippen LogP contribution in [0.25, 0.3) is 72.7 Å². The summed E-state index contributed by atoms with van der Waals surface area (Å²) >= 11 is 0. The molecular formula is C56H57N3O. The molecule has 302 valence electrons. The lowest BCUT2D eigenvalue weighted by molar-refractivity contribution is 0.446. The van der Waals surface area contributed by atoms with Crippen molar-refractivity contribution in [3.05, 3.63) is 167 Å². The number of hydrogen-bond donors (Lipinski definition) is 1. The third kappa shape index (κ3) is 7.45. The number of benzene rings is 6. The van der Waals surface area contributed by atoms with Crippen molar-refractivity contribution in [1.29, 1.82) is 0 Å². The molecule has 0 atom stereocenters. The fourth-order valence-electron chi connectivity index (χ4n) is 7.81. The van der Waals surface area contributed by atoms with Gasteiger partial charge in [0, 0.05) is 36.7 Å². The first-order valence-corrected chi connectivity index (χ1v) is 20.2. The molecule has 2 aromatic heterocycles. The van der Waals surface area contributed by atoms with Crippen molar-refractivity contribution < 1.29 is 20.2 Å². The molecule has 2 heterocycles. The number of imidazole rings is 1. The minimum absolute atomic E-state index is 0.108. The number of pyridine rings is 1. The summed E-state index contributed by atoms with van der Waals surface area (Å²) in [6.45, 7) is 12.5. The molecule has 4 heteroatoms. The SMILES string of the molecule is [2H]c1c([2H])c([2H])c(-c2c(C([2H])([2H])[2H])cnc(-c3cc(-c4cccc5c4nc(-c4cc(C(C)(C)C)cc(C(C)(C)C)c4O)n5-c4ccccc4-c4ccccc4)cc(C(C)(C)C)c3)c2C([2H])([2H])[2H])c([2H])c1[2H]. The summed E-state index contributed by atoms with van der Waals surface area (Å²) in [5.74, 6) is 0.600.